The molecule has 3 aliphatic rings. The van der Waals surface area contributed by atoms with Gasteiger partial charge in [0.25, 0.3) is 5.91 Å². The van der Waals surface area contributed by atoms with E-state index in [4.69, 9.17) is 10.5 Å². The van der Waals surface area contributed by atoms with Crippen LogP contribution in [0.5, 0.6) is 5.75 Å². The number of Topliss-reactive ketones (excluding diaryl/α,β-unsaturated/α-hetero) is 2. The number of aliphatic hydroxyl groups is 2. The SMILES string of the molecule is NC(=O)C1=C(OCc2ccccc2)C[C@@H]2C[C@@H]3Cc4cccc(O)c4C(=O)C3=C(O)[C@]2(O)C1=O. The third-order valence-electron chi connectivity index (χ3n) is 7.04. The molecule has 0 aromatic heterocycles. The lowest BCUT2D eigenvalue weighted by Crippen LogP contribution is -2.57. The van der Waals surface area contributed by atoms with Crippen LogP contribution in [0, 0.1) is 11.8 Å². The van der Waals surface area contributed by atoms with Gasteiger partial charge < -0.3 is 25.8 Å². The van der Waals surface area contributed by atoms with Crippen molar-refractivity contribution in [1.82, 2.24) is 0 Å². The smallest absolute Gasteiger partial charge is 0.255 e. The highest BCUT2D eigenvalue weighted by molar-refractivity contribution is 6.24. The number of aromatic hydroxyl groups is 1. The Morgan fingerprint density at radius 1 is 1.06 bits per heavy atom. The number of hydrogen-bond acceptors (Lipinski definition) is 7. The van der Waals surface area contributed by atoms with Crippen LogP contribution in [0.25, 0.3) is 0 Å². The Hall–Kier alpha value is -3.91. The first kappa shape index (κ1) is 21.9. The zero-order chi connectivity index (χ0) is 24.2. The van der Waals surface area contributed by atoms with Crippen molar-refractivity contribution in [2.24, 2.45) is 17.6 Å². The number of primary amides is 1. The summed E-state index contributed by atoms with van der Waals surface area (Å²) in [6.45, 7) is 0.0903. The fourth-order valence-corrected chi connectivity index (χ4v) is 5.41. The van der Waals surface area contributed by atoms with Crippen molar-refractivity contribution in [3.63, 3.8) is 0 Å². The number of allylic oxidation sites excluding steroid dienone is 2. The van der Waals surface area contributed by atoms with E-state index in [0.29, 0.717) is 12.0 Å². The number of aliphatic hydroxyl groups excluding tert-OH is 1. The fraction of sp³-hybridized carbons (Fsp3) is 0.269. The maximum atomic E-state index is 13.4. The van der Waals surface area contributed by atoms with Crippen molar-refractivity contribution in [1.29, 1.82) is 0 Å². The minimum atomic E-state index is -2.48. The Labute approximate surface area is 195 Å². The van der Waals surface area contributed by atoms with Gasteiger partial charge in [0.2, 0.25) is 5.78 Å². The quantitative estimate of drug-likeness (QED) is 0.511. The molecule has 8 nitrogen and oxygen atoms in total. The van der Waals surface area contributed by atoms with Gasteiger partial charge in [-0.3, -0.25) is 14.4 Å². The van der Waals surface area contributed by atoms with E-state index in [1.165, 1.54) is 6.07 Å². The number of phenols is 1. The van der Waals surface area contributed by atoms with E-state index in [0.717, 1.165) is 5.56 Å². The molecule has 174 valence electrons. The van der Waals surface area contributed by atoms with Crippen LogP contribution < -0.4 is 5.73 Å². The molecule has 0 aliphatic heterocycles. The molecule has 0 fully saturated rings. The molecule has 2 aromatic carbocycles. The van der Waals surface area contributed by atoms with E-state index >= 15 is 0 Å². The molecule has 0 saturated carbocycles. The largest absolute Gasteiger partial charge is 0.508 e. The van der Waals surface area contributed by atoms with Gasteiger partial charge in [-0.1, -0.05) is 42.5 Å². The van der Waals surface area contributed by atoms with Crippen molar-refractivity contribution >= 4 is 17.5 Å². The molecular formula is C26H23NO7. The third-order valence-corrected chi connectivity index (χ3v) is 7.04. The molecule has 0 bridgehead atoms. The number of benzene rings is 2. The molecule has 8 heteroatoms. The van der Waals surface area contributed by atoms with Crippen LogP contribution in [0.4, 0.5) is 0 Å². The van der Waals surface area contributed by atoms with E-state index < -0.39 is 46.2 Å². The molecule has 2 aromatic rings. The second-order valence-electron chi connectivity index (χ2n) is 8.97. The van der Waals surface area contributed by atoms with Crippen LogP contribution in [0.2, 0.25) is 0 Å². The van der Waals surface area contributed by atoms with Gasteiger partial charge in [0.1, 0.15) is 29.4 Å². The molecule has 34 heavy (non-hydrogen) atoms. The summed E-state index contributed by atoms with van der Waals surface area (Å²) < 4.78 is 5.82. The van der Waals surface area contributed by atoms with Crippen LogP contribution in [0.3, 0.4) is 0 Å². The maximum Gasteiger partial charge on any atom is 0.255 e. The van der Waals surface area contributed by atoms with Crippen LogP contribution in [-0.4, -0.2) is 38.4 Å². The summed E-state index contributed by atoms with van der Waals surface area (Å²) in [5, 5.41) is 32.8. The Morgan fingerprint density at radius 2 is 1.79 bits per heavy atom. The van der Waals surface area contributed by atoms with E-state index in [-0.39, 0.29) is 42.1 Å². The molecule has 0 saturated heterocycles. The van der Waals surface area contributed by atoms with Gasteiger partial charge in [-0.15, -0.1) is 0 Å². The van der Waals surface area contributed by atoms with E-state index in [2.05, 4.69) is 0 Å². The number of carbonyl (C=O) groups is 3. The van der Waals surface area contributed by atoms with Crippen molar-refractivity contribution in [2.75, 3.05) is 0 Å². The summed E-state index contributed by atoms with van der Waals surface area (Å²) in [6, 6.07) is 13.9. The number of ether oxygens (including phenoxy) is 1. The molecule has 0 unspecified atom stereocenters. The molecule has 5 rings (SSSR count). The van der Waals surface area contributed by atoms with Gasteiger partial charge in [0, 0.05) is 17.9 Å². The van der Waals surface area contributed by atoms with Crippen molar-refractivity contribution in [2.45, 2.75) is 31.5 Å². The fourth-order valence-electron chi connectivity index (χ4n) is 5.41. The highest BCUT2D eigenvalue weighted by Crippen LogP contribution is 2.51. The van der Waals surface area contributed by atoms with E-state index in [1.807, 2.05) is 30.3 Å². The monoisotopic (exact) mass is 461 g/mol. The molecule has 0 radical (unpaired) electrons. The zero-order valence-corrected chi connectivity index (χ0v) is 18.2. The summed E-state index contributed by atoms with van der Waals surface area (Å²) in [5.41, 5.74) is 3.86. The summed E-state index contributed by atoms with van der Waals surface area (Å²) in [5.74, 6) is -5.06. The van der Waals surface area contributed by atoms with Crippen molar-refractivity contribution in [3.8, 4) is 5.75 Å². The average Bonchev–Trinajstić information content (AvgIpc) is 2.80. The lowest BCUT2D eigenvalue weighted by atomic mass is 9.60. The van der Waals surface area contributed by atoms with Crippen LogP contribution in [0.15, 0.2) is 71.2 Å². The Bertz CT molecular complexity index is 1290. The molecule has 1 amide bonds. The lowest BCUT2D eigenvalue weighted by molar-refractivity contribution is -0.144. The molecule has 5 N–H and O–H groups in total. The predicted molar refractivity (Wildman–Crippen MR) is 119 cm³/mol. The predicted octanol–water partition coefficient (Wildman–Crippen LogP) is 2.24. The number of ketones is 2. The number of phenolic OH excluding ortho intramolecular Hbond substituents is 1. The second kappa shape index (κ2) is 7.85. The van der Waals surface area contributed by atoms with Gasteiger partial charge in [0.05, 0.1) is 5.56 Å². The third kappa shape index (κ3) is 3.13. The maximum absolute atomic E-state index is 13.4. The van der Waals surface area contributed by atoms with Gasteiger partial charge in [-0.25, -0.2) is 0 Å². The van der Waals surface area contributed by atoms with Crippen LogP contribution >= 0.6 is 0 Å². The minimum Gasteiger partial charge on any atom is -0.508 e. The first-order chi connectivity index (χ1) is 16.2. The Morgan fingerprint density at radius 3 is 2.50 bits per heavy atom. The number of rotatable bonds is 4. The summed E-state index contributed by atoms with van der Waals surface area (Å²) >= 11 is 0. The van der Waals surface area contributed by atoms with E-state index in [9.17, 15) is 29.7 Å². The van der Waals surface area contributed by atoms with Gasteiger partial charge in [0.15, 0.2) is 11.4 Å². The second-order valence-corrected chi connectivity index (χ2v) is 8.97. The van der Waals surface area contributed by atoms with Gasteiger partial charge in [-0.2, -0.15) is 0 Å². The van der Waals surface area contributed by atoms with Gasteiger partial charge in [-0.05, 0) is 36.0 Å². The minimum absolute atomic E-state index is 0.0116. The highest BCUT2D eigenvalue weighted by atomic mass is 16.5. The molecule has 3 atom stereocenters. The first-order valence-corrected chi connectivity index (χ1v) is 11.0. The van der Waals surface area contributed by atoms with Crippen LogP contribution in [-0.2, 0) is 27.4 Å². The molecule has 3 aliphatic carbocycles. The molecule has 0 spiro atoms. The van der Waals surface area contributed by atoms with Crippen LogP contribution in [0.1, 0.15) is 34.3 Å². The number of carbonyl (C=O) groups excluding carboxylic acids is 3. The zero-order valence-electron chi connectivity index (χ0n) is 18.2. The lowest BCUT2D eigenvalue weighted by Gasteiger charge is -2.46. The van der Waals surface area contributed by atoms with Gasteiger partial charge >= 0.3 is 0 Å². The number of nitrogens with two attached hydrogens (primary N) is 1. The standard InChI is InChI=1S/C26H23NO7/c27-25(32)21-18(34-12-13-5-2-1-3-6-13)11-16-10-15-9-14-7-4-8-17(28)19(14)22(29)20(15)23(30)26(16,33)24(21)31/h1-8,15-16,28,30,33H,9-12H2,(H2,27,32)/t15-,16-,26-/m0/s1. The Balaban J connectivity index is 1.57. The first-order valence-electron chi connectivity index (χ1n) is 11.0. The number of fused-ring (bicyclic) bond motifs is 3. The summed E-state index contributed by atoms with van der Waals surface area (Å²) in [6.07, 6.45) is 0.539. The summed E-state index contributed by atoms with van der Waals surface area (Å²) in [7, 11) is 0. The highest BCUT2D eigenvalue weighted by Gasteiger charge is 2.59. The molecule has 0 heterocycles. The average molecular weight is 461 g/mol. The molecular weight excluding hydrogens is 438 g/mol. The normalized spacial score (nSPS) is 26.0. The van der Waals surface area contributed by atoms with Crippen molar-refractivity contribution < 1.29 is 34.4 Å². The number of amides is 1. The topological polar surface area (TPSA) is 147 Å². The Kier molecular flexibility index (Phi) is 5.06. The van der Waals surface area contributed by atoms with E-state index in [1.54, 1.807) is 12.1 Å². The number of hydrogen-bond donors (Lipinski definition) is 4. The summed E-state index contributed by atoms with van der Waals surface area (Å²) in [4.78, 5) is 38.8. The van der Waals surface area contributed by atoms with Crippen molar-refractivity contribution in [3.05, 3.63) is 87.9 Å².